The van der Waals surface area contributed by atoms with Crippen molar-refractivity contribution in [1.29, 1.82) is 0 Å². The average Bonchev–Trinajstić information content (AvgIpc) is 2.27. The Kier molecular flexibility index (Phi) is 4.81. The first-order valence-electron chi connectivity index (χ1n) is 5.35. The molecule has 0 spiro atoms. The highest BCUT2D eigenvalue weighted by Crippen LogP contribution is 2.15. The number of nitro groups is 1. The first kappa shape index (κ1) is 13.6. The molecule has 0 aliphatic heterocycles. The number of hydrogen-bond acceptors (Lipinski definition) is 4. The molecule has 0 fully saturated rings. The van der Waals surface area contributed by atoms with Gasteiger partial charge in [0.1, 0.15) is 11.9 Å². The summed E-state index contributed by atoms with van der Waals surface area (Å²) in [5, 5.41) is 13.2. The van der Waals surface area contributed by atoms with Crippen LogP contribution in [-0.4, -0.2) is 22.4 Å². The molecule has 1 rings (SSSR count). The molecular formula is C12H13N3O3. The molecule has 0 aromatic carbocycles. The number of pyridine rings is 1. The number of nitrogens with one attached hydrogen (secondary N) is 1. The van der Waals surface area contributed by atoms with Crippen LogP contribution in [-0.2, 0) is 4.79 Å². The van der Waals surface area contributed by atoms with Gasteiger partial charge in [-0.25, -0.2) is 4.98 Å². The molecule has 1 aromatic rings. The highest BCUT2D eigenvalue weighted by atomic mass is 16.6. The summed E-state index contributed by atoms with van der Waals surface area (Å²) in [6.07, 6.45) is 1.71. The quantitative estimate of drug-likeness (QED) is 0.376. The number of carbonyl (C=O) groups excluding carboxylic acids is 1. The Hall–Kier alpha value is -2.42. The van der Waals surface area contributed by atoms with E-state index >= 15 is 0 Å². The van der Waals surface area contributed by atoms with E-state index in [0.29, 0.717) is 24.2 Å². The molecule has 0 atom stereocenters. The normalized spacial score (nSPS) is 9.22. The largest absolute Gasteiger partial charge is 0.355 e. The van der Waals surface area contributed by atoms with E-state index in [1.54, 1.807) is 13.0 Å². The third-order valence-corrected chi connectivity index (χ3v) is 2.12. The minimum Gasteiger partial charge on any atom is -0.355 e. The summed E-state index contributed by atoms with van der Waals surface area (Å²) in [5.74, 6) is 5.53. The average molecular weight is 247 g/mol. The first-order valence-corrected chi connectivity index (χ1v) is 5.35. The Morgan fingerprint density at radius 3 is 2.89 bits per heavy atom. The number of nitrogens with zero attached hydrogens (tertiary/aromatic N) is 2. The lowest BCUT2D eigenvalue weighted by atomic mass is 10.2. The van der Waals surface area contributed by atoms with Gasteiger partial charge in [0.25, 0.3) is 5.69 Å². The fourth-order valence-electron chi connectivity index (χ4n) is 1.26. The van der Waals surface area contributed by atoms with E-state index in [1.165, 1.54) is 13.1 Å². The fraction of sp³-hybridized carbons (Fsp3) is 0.333. The first-order chi connectivity index (χ1) is 8.50. The molecule has 6 nitrogen and oxygen atoms in total. The van der Waals surface area contributed by atoms with Crippen LogP contribution in [0.25, 0.3) is 0 Å². The van der Waals surface area contributed by atoms with E-state index < -0.39 is 4.92 Å². The fourth-order valence-corrected chi connectivity index (χ4v) is 1.26. The SMILES string of the molecule is CC(=O)NCCC#Cc1cc(C)c([N+](=O)[O-])cn1. The van der Waals surface area contributed by atoms with Crippen molar-refractivity contribution >= 4 is 11.6 Å². The molecule has 0 unspecified atom stereocenters. The highest BCUT2D eigenvalue weighted by molar-refractivity contribution is 5.72. The minimum absolute atomic E-state index is 0.0150. The second-order valence-electron chi connectivity index (χ2n) is 3.65. The van der Waals surface area contributed by atoms with Crippen LogP contribution in [0, 0.1) is 28.9 Å². The van der Waals surface area contributed by atoms with Gasteiger partial charge in [-0.15, -0.1) is 0 Å². The monoisotopic (exact) mass is 247 g/mol. The predicted octanol–water partition coefficient (Wildman–Crippen LogP) is 1.18. The van der Waals surface area contributed by atoms with Crippen LogP contribution in [0.2, 0.25) is 0 Å². The molecule has 18 heavy (non-hydrogen) atoms. The van der Waals surface area contributed by atoms with Gasteiger partial charge in [0.05, 0.1) is 4.92 Å². The van der Waals surface area contributed by atoms with Crippen molar-refractivity contribution in [2.75, 3.05) is 6.54 Å². The zero-order valence-electron chi connectivity index (χ0n) is 10.2. The highest BCUT2D eigenvalue weighted by Gasteiger charge is 2.10. The lowest BCUT2D eigenvalue weighted by Gasteiger charge is -1.96. The Morgan fingerprint density at radius 2 is 2.33 bits per heavy atom. The van der Waals surface area contributed by atoms with E-state index in [-0.39, 0.29) is 11.6 Å². The van der Waals surface area contributed by atoms with Crippen LogP contribution in [0.15, 0.2) is 12.3 Å². The second kappa shape index (κ2) is 6.35. The Labute approximate surface area is 105 Å². The van der Waals surface area contributed by atoms with Crippen molar-refractivity contribution in [2.45, 2.75) is 20.3 Å². The molecule has 1 aromatic heterocycles. The maximum Gasteiger partial charge on any atom is 0.290 e. The molecule has 0 bridgehead atoms. The molecule has 0 aliphatic rings. The Bertz CT molecular complexity index is 529. The van der Waals surface area contributed by atoms with Gasteiger partial charge in [0, 0.05) is 25.5 Å². The van der Waals surface area contributed by atoms with Crippen molar-refractivity contribution in [2.24, 2.45) is 0 Å². The summed E-state index contributed by atoms with van der Waals surface area (Å²) in [7, 11) is 0. The van der Waals surface area contributed by atoms with Gasteiger partial charge in [0.2, 0.25) is 5.91 Å². The van der Waals surface area contributed by atoms with Gasteiger partial charge in [-0.3, -0.25) is 14.9 Å². The zero-order chi connectivity index (χ0) is 13.5. The van der Waals surface area contributed by atoms with Crippen molar-refractivity contribution in [1.82, 2.24) is 10.3 Å². The maximum atomic E-state index is 10.6. The maximum absolute atomic E-state index is 10.6. The molecule has 1 N–H and O–H groups in total. The number of amides is 1. The van der Waals surface area contributed by atoms with Crippen LogP contribution < -0.4 is 5.32 Å². The number of hydrogen-bond donors (Lipinski definition) is 1. The van der Waals surface area contributed by atoms with Gasteiger partial charge in [-0.05, 0) is 18.9 Å². The Morgan fingerprint density at radius 1 is 1.61 bits per heavy atom. The summed E-state index contributed by atoms with van der Waals surface area (Å²) in [5.41, 5.74) is 1.00. The number of rotatable bonds is 3. The molecule has 1 amide bonds. The molecule has 94 valence electrons. The van der Waals surface area contributed by atoms with Gasteiger partial charge in [-0.1, -0.05) is 5.92 Å². The van der Waals surface area contributed by atoms with Crippen molar-refractivity contribution in [3.63, 3.8) is 0 Å². The van der Waals surface area contributed by atoms with Gasteiger partial charge >= 0.3 is 0 Å². The van der Waals surface area contributed by atoms with E-state index in [9.17, 15) is 14.9 Å². The molecule has 0 saturated heterocycles. The van der Waals surface area contributed by atoms with Crippen molar-refractivity contribution in [3.05, 3.63) is 33.6 Å². The summed E-state index contributed by atoms with van der Waals surface area (Å²) < 4.78 is 0. The standard InChI is InChI=1S/C12H13N3O3/c1-9-7-11(14-8-12(9)15(17)18)5-3-4-6-13-10(2)16/h7-8H,4,6H2,1-2H3,(H,13,16). The van der Waals surface area contributed by atoms with Gasteiger partial charge < -0.3 is 5.32 Å². The summed E-state index contributed by atoms with van der Waals surface area (Å²) in [4.78, 5) is 24.6. The number of aromatic nitrogens is 1. The molecule has 0 radical (unpaired) electrons. The zero-order valence-corrected chi connectivity index (χ0v) is 10.2. The van der Waals surface area contributed by atoms with Crippen molar-refractivity contribution in [3.8, 4) is 11.8 Å². The van der Waals surface area contributed by atoms with Crippen LogP contribution in [0.5, 0.6) is 0 Å². The van der Waals surface area contributed by atoms with Crippen LogP contribution >= 0.6 is 0 Å². The lowest BCUT2D eigenvalue weighted by Crippen LogP contribution is -2.20. The summed E-state index contributed by atoms with van der Waals surface area (Å²) in [6.45, 7) is 3.56. The van der Waals surface area contributed by atoms with E-state index in [4.69, 9.17) is 0 Å². The molecule has 0 saturated carbocycles. The molecular weight excluding hydrogens is 234 g/mol. The lowest BCUT2D eigenvalue weighted by molar-refractivity contribution is -0.385. The number of aryl methyl sites for hydroxylation is 1. The molecule has 1 heterocycles. The summed E-state index contributed by atoms with van der Waals surface area (Å²) >= 11 is 0. The van der Waals surface area contributed by atoms with Crippen LogP contribution in [0.4, 0.5) is 5.69 Å². The predicted molar refractivity (Wildman–Crippen MR) is 65.8 cm³/mol. The van der Waals surface area contributed by atoms with E-state index in [1.807, 2.05) is 0 Å². The third-order valence-electron chi connectivity index (χ3n) is 2.12. The molecule has 0 aliphatic carbocycles. The van der Waals surface area contributed by atoms with Crippen LogP contribution in [0.3, 0.4) is 0 Å². The minimum atomic E-state index is -0.476. The van der Waals surface area contributed by atoms with E-state index in [2.05, 4.69) is 22.1 Å². The van der Waals surface area contributed by atoms with E-state index in [0.717, 1.165) is 0 Å². The van der Waals surface area contributed by atoms with Crippen molar-refractivity contribution < 1.29 is 9.72 Å². The molecule has 6 heteroatoms. The van der Waals surface area contributed by atoms with Gasteiger partial charge in [-0.2, -0.15) is 0 Å². The second-order valence-corrected chi connectivity index (χ2v) is 3.65. The van der Waals surface area contributed by atoms with Crippen LogP contribution in [0.1, 0.15) is 24.6 Å². The van der Waals surface area contributed by atoms with Gasteiger partial charge in [0.15, 0.2) is 0 Å². The number of carbonyl (C=O) groups is 1. The smallest absolute Gasteiger partial charge is 0.290 e. The topological polar surface area (TPSA) is 85.1 Å². The third kappa shape index (κ3) is 4.22. The Balaban J connectivity index is 2.64. The summed E-state index contributed by atoms with van der Waals surface area (Å²) in [6, 6.07) is 1.57.